The highest BCUT2D eigenvalue weighted by molar-refractivity contribution is 5.66. The van der Waals surface area contributed by atoms with Crippen molar-refractivity contribution in [3.63, 3.8) is 0 Å². The first-order valence-corrected chi connectivity index (χ1v) is 11.2. The quantitative estimate of drug-likeness (QED) is 0.580. The summed E-state index contributed by atoms with van der Waals surface area (Å²) < 4.78 is 17.8. The summed E-state index contributed by atoms with van der Waals surface area (Å²) in [7, 11) is 0. The van der Waals surface area contributed by atoms with Crippen molar-refractivity contribution in [1.29, 1.82) is 0 Å². The highest BCUT2D eigenvalue weighted by Gasteiger charge is 2.37. The van der Waals surface area contributed by atoms with Gasteiger partial charge in [-0.15, -0.1) is 0 Å². The zero-order valence-electron chi connectivity index (χ0n) is 18.6. The van der Waals surface area contributed by atoms with Gasteiger partial charge in [-0.2, -0.15) is 0 Å². The molecule has 3 rings (SSSR count). The average molecular weight is 422 g/mol. The van der Waals surface area contributed by atoms with Crippen molar-refractivity contribution in [2.45, 2.75) is 96.1 Å². The van der Waals surface area contributed by atoms with Crippen LogP contribution in [-0.2, 0) is 25.5 Å². The number of carbonyl (C=O) groups is 1. The number of benzene rings is 1. The van der Waals surface area contributed by atoms with Crippen LogP contribution < -0.4 is 16.8 Å². The molecule has 7 heteroatoms. The molecular weight excluding hydrogens is 382 g/mol. The molecule has 1 heterocycles. The zero-order chi connectivity index (χ0) is 21.9. The summed E-state index contributed by atoms with van der Waals surface area (Å²) in [5.74, 6) is -0.315. The molecule has 0 radical (unpaired) electrons. The molecule has 0 aromatic heterocycles. The number of rotatable bonds is 7. The van der Waals surface area contributed by atoms with Crippen LogP contribution in [0, 0.1) is 0 Å². The molecule has 0 amide bonds. The summed E-state index contributed by atoms with van der Waals surface area (Å²) in [6, 6.07) is 10.1. The fraction of sp³-hybridized carbons (Fsp3) is 0.696. The Labute approximate surface area is 180 Å². The topological polar surface area (TPSA) is 109 Å². The molecule has 1 aromatic carbocycles. The van der Waals surface area contributed by atoms with Crippen LogP contribution in [-0.4, -0.2) is 49.2 Å². The molecule has 1 saturated carbocycles. The molecule has 5 N–H and O–H groups in total. The molecule has 2 aliphatic rings. The van der Waals surface area contributed by atoms with E-state index in [-0.39, 0.29) is 36.4 Å². The lowest BCUT2D eigenvalue weighted by Gasteiger charge is -2.40. The summed E-state index contributed by atoms with van der Waals surface area (Å²) in [5.41, 5.74) is 13.5. The van der Waals surface area contributed by atoms with Crippen molar-refractivity contribution in [1.82, 2.24) is 5.32 Å². The minimum atomic E-state index is -0.491. The Morgan fingerprint density at radius 1 is 1.10 bits per heavy atom. The molecule has 0 bridgehead atoms. The van der Waals surface area contributed by atoms with E-state index in [2.05, 4.69) is 17.4 Å². The summed E-state index contributed by atoms with van der Waals surface area (Å²) in [6.45, 7) is 6.95. The lowest BCUT2D eigenvalue weighted by atomic mass is 9.90. The maximum absolute atomic E-state index is 11.4. The van der Waals surface area contributed by atoms with Crippen molar-refractivity contribution in [3.05, 3.63) is 35.9 Å². The van der Waals surface area contributed by atoms with Gasteiger partial charge in [0.2, 0.25) is 0 Å². The van der Waals surface area contributed by atoms with Crippen molar-refractivity contribution >= 4 is 5.97 Å². The maximum Gasteiger partial charge on any atom is 0.302 e. The molecule has 170 valence electrons. The molecule has 0 spiro atoms. The van der Waals surface area contributed by atoms with Gasteiger partial charge in [0.05, 0.1) is 18.2 Å². The average Bonchev–Trinajstić information content (AvgIpc) is 2.74. The maximum atomic E-state index is 11.4. The molecule has 7 nitrogen and oxygen atoms in total. The van der Waals surface area contributed by atoms with Gasteiger partial charge in [0.1, 0.15) is 6.10 Å². The molecule has 1 saturated heterocycles. The molecule has 2 fully saturated rings. The fourth-order valence-electron chi connectivity index (χ4n) is 3.93. The molecule has 1 aliphatic carbocycles. The number of carbonyl (C=O) groups excluding carboxylic acids is 1. The number of nitrogens with one attached hydrogen (secondary N) is 1. The number of esters is 1. The fourth-order valence-corrected chi connectivity index (χ4v) is 3.93. The Morgan fingerprint density at radius 3 is 2.53 bits per heavy atom. The Hall–Kier alpha value is -1.51. The Balaban J connectivity index is 0.00000155. The first-order chi connectivity index (χ1) is 14.5. The lowest BCUT2D eigenvalue weighted by Crippen LogP contribution is -2.52. The Kier molecular flexibility index (Phi) is 10.7. The summed E-state index contributed by atoms with van der Waals surface area (Å²) in [5, 5.41) is 3.44. The van der Waals surface area contributed by atoms with Crippen molar-refractivity contribution in [2.75, 3.05) is 6.54 Å². The lowest BCUT2D eigenvalue weighted by molar-refractivity contribution is -0.243. The van der Waals surface area contributed by atoms with E-state index in [0.29, 0.717) is 6.42 Å². The molecule has 30 heavy (non-hydrogen) atoms. The van der Waals surface area contributed by atoms with E-state index < -0.39 is 6.29 Å². The third kappa shape index (κ3) is 7.96. The Morgan fingerprint density at radius 2 is 1.83 bits per heavy atom. The van der Waals surface area contributed by atoms with Crippen LogP contribution in [0.25, 0.3) is 0 Å². The third-order valence-corrected chi connectivity index (χ3v) is 5.44. The molecule has 4 unspecified atom stereocenters. The van der Waals surface area contributed by atoms with Crippen molar-refractivity contribution < 1.29 is 19.0 Å². The van der Waals surface area contributed by atoms with Crippen LogP contribution in [0.1, 0.15) is 58.4 Å². The number of hydrogen-bond donors (Lipinski definition) is 3. The normalized spacial score (nSPS) is 31.4. The second-order valence-electron chi connectivity index (χ2n) is 7.88. The minimum Gasteiger partial charge on any atom is -0.460 e. The van der Waals surface area contributed by atoms with Crippen molar-refractivity contribution in [3.8, 4) is 0 Å². The van der Waals surface area contributed by atoms with E-state index in [4.69, 9.17) is 25.7 Å². The predicted molar refractivity (Wildman–Crippen MR) is 118 cm³/mol. The van der Waals surface area contributed by atoms with Crippen LogP contribution in [0.4, 0.5) is 0 Å². The van der Waals surface area contributed by atoms with E-state index in [9.17, 15) is 4.79 Å². The van der Waals surface area contributed by atoms with Gasteiger partial charge >= 0.3 is 5.97 Å². The first-order valence-electron chi connectivity index (χ1n) is 11.2. The van der Waals surface area contributed by atoms with Gasteiger partial charge in [0, 0.05) is 32.5 Å². The smallest absolute Gasteiger partial charge is 0.302 e. The van der Waals surface area contributed by atoms with Crippen LogP contribution in [0.3, 0.4) is 0 Å². The predicted octanol–water partition coefficient (Wildman–Crippen LogP) is 2.46. The van der Waals surface area contributed by atoms with Crippen LogP contribution in [0.5, 0.6) is 0 Å². The van der Waals surface area contributed by atoms with Gasteiger partial charge in [-0.05, 0) is 31.2 Å². The standard InChI is InChI=1S/C21H33N3O4.C2H6/c1-14(25)26-20-11-16(22)7-10-19(20)28-21-18(23)9-8-17(27-21)13-24-12-15-5-3-2-4-6-15;1-2/h2-6,16-21,24H,7-13,22-23H2,1H3;1-2H3/t16?,17?,18?,19-,20?,21-;/m1./s1. The first kappa shape index (κ1) is 24.8. The summed E-state index contributed by atoms with van der Waals surface area (Å²) in [4.78, 5) is 11.4. The van der Waals surface area contributed by atoms with Gasteiger partial charge in [-0.1, -0.05) is 44.2 Å². The monoisotopic (exact) mass is 421 g/mol. The molecule has 6 atom stereocenters. The Bertz CT molecular complexity index is 616. The zero-order valence-corrected chi connectivity index (χ0v) is 18.6. The highest BCUT2D eigenvalue weighted by Crippen LogP contribution is 2.28. The van der Waals surface area contributed by atoms with Gasteiger partial charge in [-0.3, -0.25) is 4.79 Å². The molecular formula is C23H39N3O4. The van der Waals surface area contributed by atoms with Crippen LogP contribution in [0.15, 0.2) is 30.3 Å². The largest absolute Gasteiger partial charge is 0.460 e. The van der Waals surface area contributed by atoms with E-state index in [0.717, 1.165) is 38.8 Å². The van der Waals surface area contributed by atoms with Gasteiger partial charge in [0.15, 0.2) is 6.29 Å². The SMILES string of the molecule is CC.CC(=O)OC1CC(N)CC[C@H]1O[C@H]1OC(CNCc2ccccc2)CCC1N. The van der Waals surface area contributed by atoms with Crippen molar-refractivity contribution in [2.24, 2.45) is 11.5 Å². The van der Waals surface area contributed by atoms with Gasteiger partial charge < -0.3 is 31.0 Å². The summed E-state index contributed by atoms with van der Waals surface area (Å²) in [6.07, 6.45) is 2.91. The van der Waals surface area contributed by atoms with Gasteiger partial charge in [0.25, 0.3) is 0 Å². The molecule has 1 aromatic rings. The second-order valence-corrected chi connectivity index (χ2v) is 7.88. The van der Waals surface area contributed by atoms with E-state index >= 15 is 0 Å². The van der Waals surface area contributed by atoms with E-state index in [1.54, 1.807) is 0 Å². The third-order valence-electron chi connectivity index (χ3n) is 5.44. The number of ether oxygens (including phenoxy) is 3. The van der Waals surface area contributed by atoms with Gasteiger partial charge in [-0.25, -0.2) is 0 Å². The van der Waals surface area contributed by atoms with E-state index in [1.165, 1.54) is 12.5 Å². The second kappa shape index (κ2) is 13.0. The van der Waals surface area contributed by atoms with E-state index in [1.807, 2.05) is 32.0 Å². The molecule has 1 aliphatic heterocycles. The summed E-state index contributed by atoms with van der Waals surface area (Å²) >= 11 is 0. The number of nitrogens with two attached hydrogens (primary N) is 2. The van der Waals surface area contributed by atoms with Crippen LogP contribution >= 0.6 is 0 Å². The number of hydrogen-bond acceptors (Lipinski definition) is 7. The van der Waals surface area contributed by atoms with Crippen LogP contribution in [0.2, 0.25) is 0 Å². The minimum absolute atomic E-state index is 0.0279. The highest BCUT2D eigenvalue weighted by atomic mass is 16.7.